The Morgan fingerprint density at radius 1 is 1.36 bits per heavy atom. The van der Waals surface area contributed by atoms with Crippen molar-refractivity contribution in [2.75, 3.05) is 5.32 Å². The molecule has 4 atom stereocenters. The van der Waals surface area contributed by atoms with Gasteiger partial charge in [0.05, 0.1) is 17.8 Å². The van der Waals surface area contributed by atoms with Crippen LogP contribution in [0.25, 0.3) is 0 Å². The lowest BCUT2D eigenvalue weighted by molar-refractivity contribution is -0.124. The highest BCUT2D eigenvalue weighted by molar-refractivity contribution is 5.97. The lowest BCUT2D eigenvalue weighted by atomic mass is 9.98. The summed E-state index contributed by atoms with van der Waals surface area (Å²) in [5.41, 5.74) is 7.54. The molecule has 0 aliphatic carbocycles. The van der Waals surface area contributed by atoms with Crippen molar-refractivity contribution in [2.45, 2.75) is 58.7 Å². The third-order valence-corrected chi connectivity index (χ3v) is 4.61. The number of ether oxygens (including phenoxy) is 1. The molecule has 0 saturated heterocycles. The summed E-state index contributed by atoms with van der Waals surface area (Å²) in [6.07, 6.45) is 0.982. The number of rotatable bonds is 6. The molecule has 1 heterocycles. The molecule has 0 spiro atoms. The molecule has 140 valence electrons. The molecule has 0 aromatic heterocycles. The lowest BCUT2D eigenvalue weighted by Crippen LogP contribution is -2.45. The smallest absolute Gasteiger partial charge is 0.265 e. The zero-order chi connectivity index (χ0) is 17.9. The highest BCUT2D eigenvalue weighted by Crippen LogP contribution is 2.33. The van der Waals surface area contributed by atoms with Gasteiger partial charge < -0.3 is 21.1 Å². The van der Waals surface area contributed by atoms with Gasteiger partial charge in [-0.25, -0.2) is 0 Å². The second-order valence-corrected chi connectivity index (χ2v) is 6.40. The van der Waals surface area contributed by atoms with E-state index in [0.717, 1.165) is 12.0 Å². The van der Waals surface area contributed by atoms with E-state index in [4.69, 9.17) is 10.5 Å². The summed E-state index contributed by atoms with van der Waals surface area (Å²) < 4.78 is 5.74. The molecule has 1 aliphatic rings. The Labute approximate surface area is 155 Å². The zero-order valence-corrected chi connectivity index (χ0v) is 16.0. The highest BCUT2D eigenvalue weighted by Gasteiger charge is 2.27. The van der Waals surface area contributed by atoms with E-state index in [0.29, 0.717) is 17.9 Å². The fourth-order valence-electron chi connectivity index (χ4n) is 2.60. The maximum atomic E-state index is 12.2. The Morgan fingerprint density at radius 2 is 2.04 bits per heavy atom. The number of carbonyl (C=O) groups is 2. The van der Waals surface area contributed by atoms with Crippen LogP contribution in [0.5, 0.6) is 5.75 Å². The first-order valence-electron chi connectivity index (χ1n) is 8.54. The number of halogens is 1. The Morgan fingerprint density at radius 3 is 2.64 bits per heavy atom. The number of hydrogen-bond acceptors (Lipinski definition) is 4. The normalized spacial score (nSPS) is 19.4. The molecule has 1 aliphatic heterocycles. The first-order valence-corrected chi connectivity index (χ1v) is 8.54. The monoisotopic (exact) mass is 369 g/mol. The van der Waals surface area contributed by atoms with Crippen LogP contribution in [0.2, 0.25) is 0 Å². The van der Waals surface area contributed by atoms with Gasteiger partial charge in [-0.3, -0.25) is 9.59 Å². The summed E-state index contributed by atoms with van der Waals surface area (Å²) in [7, 11) is 0. The van der Waals surface area contributed by atoms with Crippen LogP contribution >= 0.6 is 12.4 Å². The number of amides is 2. The van der Waals surface area contributed by atoms with E-state index < -0.39 is 12.1 Å². The zero-order valence-electron chi connectivity index (χ0n) is 15.2. The molecule has 7 heteroatoms. The average molecular weight is 370 g/mol. The predicted molar refractivity (Wildman–Crippen MR) is 101 cm³/mol. The van der Waals surface area contributed by atoms with Crippen LogP contribution in [0.4, 0.5) is 5.69 Å². The van der Waals surface area contributed by atoms with Gasteiger partial charge in [0.25, 0.3) is 5.91 Å². The van der Waals surface area contributed by atoms with E-state index in [1.165, 1.54) is 0 Å². The summed E-state index contributed by atoms with van der Waals surface area (Å²) in [5.74, 6) is 0.477. The average Bonchev–Trinajstić information content (AvgIpc) is 2.59. The molecular formula is C18H28ClN3O3. The van der Waals surface area contributed by atoms with Crippen molar-refractivity contribution in [1.82, 2.24) is 5.32 Å². The van der Waals surface area contributed by atoms with Gasteiger partial charge in [0.15, 0.2) is 6.10 Å². The third kappa shape index (κ3) is 4.86. The fraction of sp³-hybridized carbons (Fsp3) is 0.556. The number of fused-ring (bicyclic) bond motifs is 1. The summed E-state index contributed by atoms with van der Waals surface area (Å²) >= 11 is 0. The Kier molecular flexibility index (Phi) is 7.70. The third-order valence-electron chi connectivity index (χ3n) is 4.61. The number of benzene rings is 1. The molecule has 1 aromatic rings. The van der Waals surface area contributed by atoms with Crippen molar-refractivity contribution in [3.8, 4) is 5.75 Å². The van der Waals surface area contributed by atoms with E-state index >= 15 is 0 Å². The fourth-order valence-corrected chi connectivity index (χ4v) is 2.60. The number of anilines is 1. The lowest BCUT2D eigenvalue weighted by Gasteiger charge is -2.26. The summed E-state index contributed by atoms with van der Waals surface area (Å²) in [6.45, 7) is 7.79. The van der Waals surface area contributed by atoms with Crippen LogP contribution in [-0.2, 0) is 9.59 Å². The summed E-state index contributed by atoms with van der Waals surface area (Å²) in [6, 6.07) is 4.81. The van der Waals surface area contributed by atoms with Crippen LogP contribution in [0, 0.1) is 5.92 Å². The topological polar surface area (TPSA) is 93.4 Å². The van der Waals surface area contributed by atoms with Crippen molar-refractivity contribution in [3.63, 3.8) is 0 Å². The van der Waals surface area contributed by atoms with Crippen molar-refractivity contribution < 1.29 is 14.3 Å². The highest BCUT2D eigenvalue weighted by atomic mass is 35.5. The second-order valence-electron chi connectivity index (χ2n) is 6.40. The molecule has 1 aromatic carbocycles. The maximum absolute atomic E-state index is 12.2. The number of nitrogens with two attached hydrogens (primary N) is 1. The Bertz CT molecular complexity index is 624. The number of hydrogen-bond donors (Lipinski definition) is 3. The first kappa shape index (κ1) is 21.3. The number of carbonyl (C=O) groups excluding carboxylic acids is 2. The standard InChI is InChI=1S/C18H27N3O3.ClH/c1-5-10(3)16(19)18(23)20-11(4)12-7-8-13-15(9-12)24-14(6-2)17(22)21-13;/h7-11,14,16H,5-6,19H2,1-4H3,(H,20,23)(H,21,22);1H. The van der Waals surface area contributed by atoms with Crippen molar-refractivity contribution >= 4 is 29.9 Å². The molecule has 2 amide bonds. The molecule has 0 saturated carbocycles. The van der Waals surface area contributed by atoms with Gasteiger partial charge in [-0.2, -0.15) is 0 Å². The molecule has 4 unspecified atom stereocenters. The van der Waals surface area contributed by atoms with Crippen LogP contribution in [0.15, 0.2) is 18.2 Å². The van der Waals surface area contributed by atoms with Gasteiger partial charge in [0, 0.05) is 0 Å². The minimum absolute atomic E-state index is 0. The maximum Gasteiger partial charge on any atom is 0.265 e. The van der Waals surface area contributed by atoms with Crippen molar-refractivity contribution in [1.29, 1.82) is 0 Å². The molecule has 4 N–H and O–H groups in total. The number of nitrogens with one attached hydrogen (secondary N) is 2. The van der Waals surface area contributed by atoms with Gasteiger partial charge in [-0.1, -0.05) is 33.3 Å². The summed E-state index contributed by atoms with van der Waals surface area (Å²) in [5, 5.41) is 5.78. The van der Waals surface area contributed by atoms with Crippen molar-refractivity contribution in [2.24, 2.45) is 11.7 Å². The molecule has 0 bridgehead atoms. The van der Waals surface area contributed by atoms with E-state index in [9.17, 15) is 9.59 Å². The predicted octanol–water partition coefficient (Wildman–Crippen LogP) is 2.77. The van der Waals surface area contributed by atoms with Crippen LogP contribution in [0.3, 0.4) is 0 Å². The van der Waals surface area contributed by atoms with Crippen LogP contribution < -0.4 is 21.1 Å². The Balaban J connectivity index is 0.00000312. The molecule has 6 nitrogen and oxygen atoms in total. The van der Waals surface area contributed by atoms with E-state index in [-0.39, 0.29) is 36.2 Å². The van der Waals surface area contributed by atoms with Gasteiger partial charge in [0.2, 0.25) is 5.91 Å². The Hall–Kier alpha value is -1.79. The van der Waals surface area contributed by atoms with Crippen molar-refractivity contribution in [3.05, 3.63) is 23.8 Å². The summed E-state index contributed by atoms with van der Waals surface area (Å²) in [4.78, 5) is 24.0. The molecule has 0 radical (unpaired) electrons. The second kappa shape index (κ2) is 9.06. The minimum Gasteiger partial charge on any atom is -0.478 e. The minimum atomic E-state index is -0.518. The SMILES string of the molecule is CCC1Oc2cc(C(C)NC(=O)C(N)C(C)CC)ccc2NC1=O.Cl. The van der Waals surface area contributed by atoms with E-state index in [2.05, 4.69) is 10.6 Å². The van der Waals surface area contributed by atoms with Gasteiger partial charge >= 0.3 is 0 Å². The molecule has 25 heavy (non-hydrogen) atoms. The van der Waals surface area contributed by atoms with Gasteiger partial charge in [0.1, 0.15) is 5.75 Å². The molecule has 2 rings (SSSR count). The van der Waals surface area contributed by atoms with Gasteiger partial charge in [-0.05, 0) is 37.0 Å². The van der Waals surface area contributed by atoms with Gasteiger partial charge in [-0.15, -0.1) is 12.4 Å². The quantitative estimate of drug-likeness (QED) is 0.718. The van der Waals surface area contributed by atoms with Crippen LogP contribution in [0.1, 0.15) is 52.1 Å². The largest absolute Gasteiger partial charge is 0.478 e. The molecule has 0 fully saturated rings. The van der Waals surface area contributed by atoms with E-state index in [1.807, 2.05) is 39.8 Å². The molecular weight excluding hydrogens is 342 g/mol. The first-order chi connectivity index (χ1) is 11.4. The van der Waals surface area contributed by atoms with E-state index in [1.54, 1.807) is 6.07 Å². The van der Waals surface area contributed by atoms with Crippen LogP contribution in [-0.4, -0.2) is 24.0 Å².